The normalized spacial score (nSPS) is 10.6. The molecule has 2 aromatic heterocycles. The Hall–Kier alpha value is -2.51. The van der Waals surface area contributed by atoms with Gasteiger partial charge in [-0.25, -0.2) is 14.8 Å². The van der Waals surface area contributed by atoms with Gasteiger partial charge in [-0.1, -0.05) is 11.6 Å². The van der Waals surface area contributed by atoms with Crippen LogP contribution in [0.4, 0.5) is 5.13 Å². The van der Waals surface area contributed by atoms with Crippen LogP contribution in [0.15, 0.2) is 35.7 Å². The number of hydrogen-bond acceptors (Lipinski definition) is 6. The smallest absolute Gasteiger partial charge is 0.338 e. The van der Waals surface area contributed by atoms with Gasteiger partial charge in [0, 0.05) is 10.8 Å². The highest BCUT2D eigenvalue weighted by molar-refractivity contribution is 7.13. The zero-order chi connectivity index (χ0) is 17.1. The predicted octanol–water partition coefficient (Wildman–Crippen LogP) is 3.45. The molecule has 3 rings (SSSR count). The fourth-order valence-electron chi connectivity index (χ4n) is 2.01. The maximum absolute atomic E-state index is 12.1. The number of hydrogen-bond donors (Lipinski definition) is 1. The van der Waals surface area contributed by atoms with Gasteiger partial charge in [0.2, 0.25) is 0 Å². The van der Waals surface area contributed by atoms with Crippen molar-refractivity contribution in [2.45, 2.75) is 6.92 Å². The third-order valence-corrected chi connectivity index (χ3v) is 4.18. The summed E-state index contributed by atoms with van der Waals surface area (Å²) in [5.74, 6) is -1.02. The highest BCUT2D eigenvalue weighted by Crippen LogP contribution is 2.18. The largest absolute Gasteiger partial charge is 0.452 e. The summed E-state index contributed by atoms with van der Waals surface area (Å²) in [5, 5.41) is 6.00. The second-order valence-electron chi connectivity index (χ2n) is 4.96. The van der Waals surface area contributed by atoms with Crippen LogP contribution in [0.2, 0.25) is 5.15 Å². The molecule has 0 fully saturated rings. The third-order valence-electron chi connectivity index (χ3n) is 3.09. The van der Waals surface area contributed by atoms with Gasteiger partial charge in [-0.2, -0.15) is 0 Å². The Bertz CT molecular complexity index is 926. The van der Waals surface area contributed by atoms with E-state index >= 15 is 0 Å². The summed E-state index contributed by atoms with van der Waals surface area (Å²) in [6, 6.07) is 8.30. The number of anilines is 1. The molecule has 6 nitrogen and oxygen atoms in total. The van der Waals surface area contributed by atoms with Crippen molar-refractivity contribution < 1.29 is 14.3 Å². The number of esters is 1. The average Bonchev–Trinajstić information content (AvgIpc) is 2.97. The Morgan fingerprint density at radius 3 is 2.83 bits per heavy atom. The molecule has 1 N–H and O–H groups in total. The van der Waals surface area contributed by atoms with E-state index in [1.807, 2.05) is 12.3 Å². The third kappa shape index (κ3) is 3.87. The van der Waals surface area contributed by atoms with E-state index in [2.05, 4.69) is 15.3 Å². The molecule has 0 saturated carbocycles. The van der Waals surface area contributed by atoms with Crippen LogP contribution in [0.3, 0.4) is 0 Å². The lowest BCUT2D eigenvalue weighted by Crippen LogP contribution is -2.20. The van der Waals surface area contributed by atoms with Gasteiger partial charge in [0.1, 0.15) is 5.15 Å². The van der Waals surface area contributed by atoms with Crippen LogP contribution in [-0.2, 0) is 9.53 Å². The molecule has 1 aromatic carbocycles. The molecule has 8 heteroatoms. The van der Waals surface area contributed by atoms with Crippen molar-refractivity contribution in [3.05, 3.63) is 52.1 Å². The molecule has 3 aromatic rings. The van der Waals surface area contributed by atoms with Crippen molar-refractivity contribution in [1.82, 2.24) is 9.97 Å². The standard InChI is InChI=1S/C16H12ClN3O3S/c1-9-8-24-16(18-9)20-14(21)7-23-15(22)11-2-4-12-10(6-11)3-5-13(17)19-12/h2-6,8H,7H2,1H3,(H,18,20,21). The molecule has 2 heterocycles. The number of nitrogens with zero attached hydrogens (tertiary/aromatic N) is 2. The lowest BCUT2D eigenvalue weighted by atomic mass is 10.1. The number of pyridine rings is 1. The predicted molar refractivity (Wildman–Crippen MR) is 92.5 cm³/mol. The fourth-order valence-corrected chi connectivity index (χ4v) is 2.87. The molecule has 1 amide bonds. The Morgan fingerprint density at radius 1 is 1.25 bits per heavy atom. The van der Waals surface area contributed by atoms with Crippen molar-refractivity contribution in [2.75, 3.05) is 11.9 Å². The molecule has 24 heavy (non-hydrogen) atoms. The first kappa shape index (κ1) is 16.4. The molecule has 0 aliphatic rings. The number of halogens is 1. The number of carbonyl (C=O) groups is 2. The van der Waals surface area contributed by atoms with Gasteiger partial charge < -0.3 is 4.74 Å². The molecule has 0 atom stereocenters. The molecule has 0 aliphatic heterocycles. The Morgan fingerprint density at radius 2 is 2.08 bits per heavy atom. The number of rotatable bonds is 4. The first-order chi connectivity index (χ1) is 11.5. The molecule has 0 spiro atoms. The highest BCUT2D eigenvalue weighted by Gasteiger charge is 2.12. The molecule has 0 unspecified atom stereocenters. The number of ether oxygens (including phenoxy) is 1. The minimum absolute atomic E-state index is 0.338. The second-order valence-corrected chi connectivity index (χ2v) is 6.21. The van der Waals surface area contributed by atoms with Crippen molar-refractivity contribution in [3.63, 3.8) is 0 Å². The topological polar surface area (TPSA) is 81.2 Å². The monoisotopic (exact) mass is 361 g/mol. The van der Waals surface area contributed by atoms with E-state index in [4.69, 9.17) is 16.3 Å². The van der Waals surface area contributed by atoms with Gasteiger partial charge >= 0.3 is 5.97 Å². The molecular formula is C16H12ClN3O3S. The van der Waals surface area contributed by atoms with Crippen molar-refractivity contribution in [2.24, 2.45) is 0 Å². The number of amides is 1. The van der Waals surface area contributed by atoms with Crippen LogP contribution in [0.25, 0.3) is 10.9 Å². The number of benzene rings is 1. The fraction of sp³-hybridized carbons (Fsp3) is 0.125. The zero-order valence-electron chi connectivity index (χ0n) is 12.6. The van der Waals surface area contributed by atoms with Crippen LogP contribution in [0.1, 0.15) is 16.1 Å². The maximum atomic E-state index is 12.1. The minimum atomic E-state index is -0.586. The van der Waals surface area contributed by atoms with Crippen molar-refractivity contribution >= 4 is 50.8 Å². The summed E-state index contributed by atoms with van der Waals surface area (Å²) < 4.78 is 5.02. The van der Waals surface area contributed by atoms with E-state index in [9.17, 15) is 9.59 Å². The van der Waals surface area contributed by atoms with E-state index in [1.54, 1.807) is 30.3 Å². The molecular weight excluding hydrogens is 350 g/mol. The van der Waals surface area contributed by atoms with Gasteiger partial charge in [-0.3, -0.25) is 10.1 Å². The van der Waals surface area contributed by atoms with Gasteiger partial charge in [0.25, 0.3) is 5.91 Å². The summed E-state index contributed by atoms with van der Waals surface area (Å²) in [5.41, 5.74) is 1.83. The minimum Gasteiger partial charge on any atom is -0.452 e. The van der Waals surface area contributed by atoms with Gasteiger partial charge in [0.05, 0.1) is 16.8 Å². The van der Waals surface area contributed by atoms with Crippen molar-refractivity contribution in [1.29, 1.82) is 0 Å². The number of aromatic nitrogens is 2. The van der Waals surface area contributed by atoms with Crippen LogP contribution in [0, 0.1) is 6.92 Å². The SMILES string of the molecule is Cc1csc(NC(=O)COC(=O)c2ccc3nc(Cl)ccc3c2)n1. The highest BCUT2D eigenvalue weighted by atomic mass is 35.5. The summed E-state index contributed by atoms with van der Waals surface area (Å²) in [6.45, 7) is 1.45. The molecule has 0 aliphatic carbocycles. The molecule has 0 bridgehead atoms. The molecule has 0 saturated heterocycles. The maximum Gasteiger partial charge on any atom is 0.338 e. The van der Waals surface area contributed by atoms with E-state index < -0.39 is 11.9 Å². The molecule has 122 valence electrons. The van der Waals surface area contributed by atoms with Gasteiger partial charge in [-0.15, -0.1) is 11.3 Å². The Labute approximate surface area is 146 Å². The van der Waals surface area contributed by atoms with Crippen LogP contribution >= 0.6 is 22.9 Å². The number of fused-ring (bicyclic) bond motifs is 1. The molecule has 0 radical (unpaired) electrons. The van der Waals surface area contributed by atoms with Crippen molar-refractivity contribution in [3.8, 4) is 0 Å². The van der Waals surface area contributed by atoms with E-state index in [0.29, 0.717) is 21.4 Å². The lowest BCUT2D eigenvalue weighted by molar-refractivity contribution is -0.119. The van der Waals surface area contributed by atoms with Crippen LogP contribution < -0.4 is 5.32 Å². The number of thiazole rings is 1. The first-order valence-corrected chi connectivity index (χ1v) is 8.22. The lowest BCUT2D eigenvalue weighted by Gasteiger charge is -2.06. The number of nitrogens with one attached hydrogen (secondary N) is 1. The van der Waals surface area contributed by atoms with Gasteiger partial charge in [0.15, 0.2) is 11.7 Å². The Kier molecular flexibility index (Phi) is 4.73. The number of aryl methyl sites for hydroxylation is 1. The summed E-state index contributed by atoms with van der Waals surface area (Å²) in [6.07, 6.45) is 0. The van der Waals surface area contributed by atoms with E-state index in [1.165, 1.54) is 11.3 Å². The number of carbonyl (C=O) groups excluding carboxylic acids is 2. The quantitative estimate of drug-likeness (QED) is 0.568. The zero-order valence-corrected chi connectivity index (χ0v) is 14.1. The summed E-state index contributed by atoms with van der Waals surface area (Å²) in [7, 11) is 0. The summed E-state index contributed by atoms with van der Waals surface area (Å²) >= 11 is 7.13. The first-order valence-electron chi connectivity index (χ1n) is 6.97. The Balaban J connectivity index is 1.62. The van der Waals surface area contributed by atoms with Crippen LogP contribution in [-0.4, -0.2) is 28.5 Å². The van der Waals surface area contributed by atoms with Crippen LogP contribution in [0.5, 0.6) is 0 Å². The second kappa shape index (κ2) is 6.94. The average molecular weight is 362 g/mol. The van der Waals surface area contributed by atoms with E-state index in [0.717, 1.165) is 11.1 Å². The summed E-state index contributed by atoms with van der Waals surface area (Å²) in [4.78, 5) is 32.1. The van der Waals surface area contributed by atoms with E-state index in [-0.39, 0.29) is 6.61 Å². The van der Waals surface area contributed by atoms with Gasteiger partial charge in [-0.05, 0) is 37.3 Å².